The summed E-state index contributed by atoms with van der Waals surface area (Å²) in [5.41, 5.74) is 0.152. The van der Waals surface area contributed by atoms with Crippen LogP contribution in [0.3, 0.4) is 0 Å². The van der Waals surface area contributed by atoms with Crippen molar-refractivity contribution < 1.29 is 19.1 Å². The van der Waals surface area contributed by atoms with Gasteiger partial charge in [0.15, 0.2) is 0 Å². The van der Waals surface area contributed by atoms with Crippen LogP contribution in [-0.2, 0) is 4.79 Å². The quantitative estimate of drug-likeness (QED) is 0.861. The first-order valence-corrected chi connectivity index (χ1v) is 6.03. The molecule has 0 unspecified atom stereocenters. The molecule has 1 heterocycles. The van der Waals surface area contributed by atoms with Gasteiger partial charge in [-0.05, 0) is 31.0 Å². The van der Waals surface area contributed by atoms with E-state index in [0.29, 0.717) is 19.4 Å². The number of benzene rings is 1. The van der Waals surface area contributed by atoms with Gasteiger partial charge in [0.25, 0.3) is 0 Å². The number of carboxylic acids is 1. The van der Waals surface area contributed by atoms with Crippen LogP contribution < -0.4 is 5.32 Å². The summed E-state index contributed by atoms with van der Waals surface area (Å²) in [6.07, 6.45) is 1.01. The van der Waals surface area contributed by atoms with E-state index >= 15 is 0 Å². The third kappa shape index (κ3) is 2.69. The average molecular weight is 277 g/mol. The number of carbonyl (C=O) groups is 2. The highest BCUT2D eigenvalue weighted by Gasteiger charge is 2.34. The van der Waals surface area contributed by atoms with Crippen molar-refractivity contribution in [1.82, 2.24) is 4.90 Å². The fourth-order valence-electron chi connectivity index (χ4n) is 2.17. The summed E-state index contributed by atoms with van der Waals surface area (Å²) in [4.78, 5) is 24.2. The zero-order valence-corrected chi connectivity index (χ0v) is 10.5. The predicted octanol–water partition coefficient (Wildman–Crippen LogP) is 1.78. The molecular weight excluding hydrogens is 265 g/mol. The minimum Gasteiger partial charge on any atom is -0.480 e. The van der Waals surface area contributed by atoms with E-state index in [2.05, 4.69) is 5.32 Å². The van der Waals surface area contributed by atoms with Crippen molar-refractivity contribution in [3.63, 3.8) is 0 Å². The molecule has 2 N–H and O–H groups in total. The molecule has 1 aromatic carbocycles. The van der Waals surface area contributed by atoms with Crippen LogP contribution in [0.2, 0.25) is 0 Å². The zero-order valence-electron chi connectivity index (χ0n) is 10.5. The molecule has 6 nitrogen and oxygen atoms in total. The molecule has 20 heavy (non-hydrogen) atoms. The van der Waals surface area contributed by atoms with E-state index < -0.39 is 23.9 Å². The molecule has 1 atom stereocenters. The normalized spacial score (nSPS) is 17.6. The van der Waals surface area contributed by atoms with Crippen LogP contribution in [0.1, 0.15) is 18.4 Å². The number of carbonyl (C=O) groups excluding carboxylic acids is 1. The molecule has 2 rings (SSSR count). The molecule has 7 heteroatoms. The van der Waals surface area contributed by atoms with E-state index in [9.17, 15) is 14.0 Å². The Bertz CT molecular complexity index is 597. The third-order valence-corrected chi connectivity index (χ3v) is 3.14. The second kappa shape index (κ2) is 5.57. The summed E-state index contributed by atoms with van der Waals surface area (Å²) in [7, 11) is 0. The minimum absolute atomic E-state index is 0.00979. The van der Waals surface area contributed by atoms with Gasteiger partial charge in [0.1, 0.15) is 17.9 Å². The molecule has 1 aromatic rings. The number of nitriles is 1. The lowest BCUT2D eigenvalue weighted by Crippen LogP contribution is -2.42. The van der Waals surface area contributed by atoms with Crippen molar-refractivity contribution in [3.8, 4) is 6.07 Å². The van der Waals surface area contributed by atoms with Gasteiger partial charge < -0.3 is 15.3 Å². The topological polar surface area (TPSA) is 93.4 Å². The van der Waals surface area contributed by atoms with Crippen LogP contribution in [0.15, 0.2) is 18.2 Å². The summed E-state index contributed by atoms with van der Waals surface area (Å²) in [5, 5.41) is 20.3. The molecular formula is C13H12FN3O3. The molecule has 1 aliphatic heterocycles. The molecule has 0 aliphatic carbocycles. The maximum absolute atomic E-state index is 13.0. The summed E-state index contributed by atoms with van der Waals surface area (Å²) < 4.78 is 13.0. The van der Waals surface area contributed by atoms with Gasteiger partial charge in [0.2, 0.25) is 0 Å². The Hall–Kier alpha value is -2.62. The number of nitrogens with zero attached hydrogens (tertiary/aromatic N) is 2. The summed E-state index contributed by atoms with van der Waals surface area (Å²) in [6, 6.07) is 3.72. The second-order valence-corrected chi connectivity index (χ2v) is 4.42. The Labute approximate surface area is 114 Å². The summed E-state index contributed by atoms with van der Waals surface area (Å²) in [5.74, 6) is -1.64. The minimum atomic E-state index is -1.06. The van der Waals surface area contributed by atoms with E-state index in [-0.39, 0.29) is 11.3 Å². The molecule has 0 bridgehead atoms. The molecule has 0 radical (unpaired) electrons. The lowest BCUT2D eigenvalue weighted by molar-refractivity contribution is -0.141. The van der Waals surface area contributed by atoms with Gasteiger partial charge in [-0.2, -0.15) is 5.26 Å². The summed E-state index contributed by atoms with van der Waals surface area (Å²) >= 11 is 0. The average Bonchev–Trinajstić information content (AvgIpc) is 2.90. The Morgan fingerprint density at radius 1 is 1.50 bits per heavy atom. The van der Waals surface area contributed by atoms with Gasteiger partial charge in [0, 0.05) is 6.54 Å². The first-order chi connectivity index (χ1) is 9.52. The van der Waals surface area contributed by atoms with Crippen LogP contribution in [0.4, 0.5) is 14.9 Å². The van der Waals surface area contributed by atoms with Gasteiger partial charge >= 0.3 is 12.0 Å². The van der Waals surface area contributed by atoms with Gasteiger partial charge in [0.05, 0.1) is 11.3 Å². The standard InChI is InChI=1S/C13H12FN3O3/c14-9-3-4-10(8(6-9)7-15)16-13(20)17-5-1-2-11(17)12(18)19/h3-4,6,11H,1-2,5H2,(H,16,20)(H,18,19)/t11-/m0/s1. The molecule has 2 amide bonds. The number of hydrogen-bond donors (Lipinski definition) is 2. The van der Waals surface area contributed by atoms with Crippen molar-refractivity contribution in [1.29, 1.82) is 5.26 Å². The van der Waals surface area contributed by atoms with E-state index in [1.807, 2.05) is 0 Å². The smallest absolute Gasteiger partial charge is 0.326 e. The van der Waals surface area contributed by atoms with Crippen molar-refractivity contribution >= 4 is 17.7 Å². The number of carboxylic acid groups (broad SMARTS) is 1. The number of amides is 2. The highest BCUT2D eigenvalue weighted by molar-refractivity contribution is 5.93. The second-order valence-electron chi connectivity index (χ2n) is 4.42. The number of hydrogen-bond acceptors (Lipinski definition) is 3. The van der Waals surface area contributed by atoms with Crippen molar-refractivity contribution in [3.05, 3.63) is 29.6 Å². The van der Waals surface area contributed by atoms with E-state index in [0.717, 1.165) is 12.1 Å². The number of halogens is 1. The lowest BCUT2D eigenvalue weighted by atomic mass is 10.2. The molecule has 0 saturated carbocycles. The highest BCUT2D eigenvalue weighted by Crippen LogP contribution is 2.21. The first-order valence-electron chi connectivity index (χ1n) is 6.03. The van der Waals surface area contributed by atoms with Crippen LogP contribution in [0.25, 0.3) is 0 Å². The monoisotopic (exact) mass is 277 g/mol. The number of aliphatic carboxylic acids is 1. The Kier molecular flexibility index (Phi) is 3.84. The molecule has 104 valence electrons. The van der Waals surface area contributed by atoms with Crippen molar-refractivity contribution in [2.75, 3.05) is 11.9 Å². The van der Waals surface area contributed by atoms with Crippen molar-refractivity contribution in [2.24, 2.45) is 0 Å². The maximum atomic E-state index is 13.0. The number of rotatable bonds is 2. The van der Waals surface area contributed by atoms with Crippen LogP contribution in [0, 0.1) is 17.1 Å². The van der Waals surface area contributed by atoms with Gasteiger partial charge in [-0.15, -0.1) is 0 Å². The van der Waals surface area contributed by atoms with Crippen LogP contribution in [-0.4, -0.2) is 34.6 Å². The van der Waals surface area contributed by atoms with Gasteiger partial charge in [-0.3, -0.25) is 0 Å². The molecule has 0 aromatic heterocycles. The Morgan fingerprint density at radius 2 is 2.25 bits per heavy atom. The highest BCUT2D eigenvalue weighted by atomic mass is 19.1. The zero-order chi connectivity index (χ0) is 14.7. The molecule has 1 aliphatic rings. The number of likely N-dealkylation sites (tertiary alicyclic amines) is 1. The van der Waals surface area contributed by atoms with Gasteiger partial charge in [-0.25, -0.2) is 14.0 Å². The van der Waals surface area contributed by atoms with E-state index in [4.69, 9.17) is 10.4 Å². The van der Waals surface area contributed by atoms with Crippen LogP contribution >= 0.6 is 0 Å². The lowest BCUT2D eigenvalue weighted by Gasteiger charge is -2.22. The number of anilines is 1. The maximum Gasteiger partial charge on any atom is 0.326 e. The molecule has 0 spiro atoms. The summed E-state index contributed by atoms with van der Waals surface area (Å²) in [6.45, 7) is 0.339. The first kappa shape index (κ1) is 13.8. The van der Waals surface area contributed by atoms with Gasteiger partial charge in [-0.1, -0.05) is 0 Å². The largest absolute Gasteiger partial charge is 0.480 e. The third-order valence-electron chi connectivity index (χ3n) is 3.14. The Morgan fingerprint density at radius 3 is 2.90 bits per heavy atom. The fourth-order valence-corrected chi connectivity index (χ4v) is 2.17. The SMILES string of the molecule is N#Cc1cc(F)ccc1NC(=O)N1CCC[C@H]1C(=O)O. The number of nitrogens with one attached hydrogen (secondary N) is 1. The molecule has 1 saturated heterocycles. The van der Waals surface area contributed by atoms with E-state index in [1.165, 1.54) is 11.0 Å². The fraction of sp³-hybridized carbons (Fsp3) is 0.308. The van der Waals surface area contributed by atoms with Crippen LogP contribution in [0.5, 0.6) is 0 Å². The number of urea groups is 1. The van der Waals surface area contributed by atoms with E-state index in [1.54, 1.807) is 6.07 Å². The Balaban J connectivity index is 2.16. The van der Waals surface area contributed by atoms with Crippen molar-refractivity contribution in [2.45, 2.75) is 18.9 Å². The predicted molar refractivity (Wildman–Crippen MR) is 67.5 cm³/mol. The molecule has 1 fully saturated rings.